The highest BCUT2D eigenvalue weighted by atomic mass is 35.5. The lowest BCUT2D eigenvalue weighted by Gasteiger charge is -2.34. The van der Waals surface area contributed by atoms with E-state index in [9.17, 15) is 14.4 Å². The number of hydrogen-bond acceptors (Lipinski definition) is 3. The number of nitrogens with zero attached hydrogens (tertiary/aromatic N) is 2. The molecule has 0 atom stereocenters. The summed E-state index contributed by atoms with van der Waals surface area (Å²) in [5.74, 6) is -0.891. The minimum atomic E-state index is -0.421. The second-order valence-electron chi connectivity index (χ2n) is 7.26. The second-order valence-corrected chi connectivity index (χ2v) is 7.66. The van der Waals surface area contributed by atoms with Crippen molar-refractivity contribution in [3.8, 4) is 0 Å². The normalized spacial score (nSPS) is 14.1. The number of nitrogens with one attached hydrogen (secondary N) is 1. The zero-order valence-corrected chi connectivity index (χ0v) is 17.3. The van der Waals surface area contributed by atoms with Gasteiger partial charge in [-0.1, -0.05) is 47.5 Å². The van der Waals surface area contributed by atoms with Crippen LogP contribution in [0.1, 0.15) is 23.1 Å². The van der Waals surface area contributed by atoms with Crippen LogP contribution in [-0.2, 0) is 20.9 Å². The minimum absolute atomic E-state index is 0.00583. The molecule has 0 saturated carbocycles. The maximum absolute atomic E-state index is 12.5. The number of piperazine rings is 1. The predicted octanol–water partition coefficient (Wildman–Crippen LogP) is 3.16. The number of benzene rings is 2. The van der Waals surface area contributed by atoms with E-state index in [-0.39, 0.29) is 24.8 Å². The van der Waals surface area contributed by atoms with Crippen molar-refractivity contribution in [3.63, 3.8) is 0 Å². The van der Waals surface area contributed by atoms with Crippen molar-refractivity contribution >= 4 is 35.0 Å². The third kappa shape index (κ3) is 5.35. The molecular formula is C22H24ClN3O3. The number of anilines is 1. The molecule has 3 rings (SSSR count). The summed E-state index contributed by atoms with van der Waals surface area (Å²) in [6.07, 6.45) is -0.308. The van der Waals surface area contributed by atoms with Crippen LogP contribution in [0.5, 0.6) is 0 Å². The maximum Gasteiger partial charge on any atom is 0.242 e. The Morgan fingerprint density at radius 1 is 1.10 bits per heavy atom. The standard InChI is InChI=1S/C22H24ClN3O3/c1-15-5-3-6-17(11-15)13-25-9-10-26(14-22(25)29)21(28)12-20(27)24-19-8-4-7-18(23)16(19)2/h3-8,11H,9-10,12-14H2,1-2H3,(H,24,27). The van der Waals surface area contributed by atoms with E-state index in [0.717, 1.165) is 16.7 Å². The van der Waals surface area contributed by atoms with Crippen LogP contribution in [0, 0.1) is 13.8 Å². The Morgan fingerprint density at radius 3 is 2.59 bits per heavy atom. The molecule has 0 radical (unpaired) electrons. The van der Waals surface area contributed by atoms with Crippen LogP contribution in [0.4, 0.5) is 5.69 Å². The van der Waals surface area contributed by atoms with Crippen molar-refractivity contribution in [1.29, 1.82) is 0 Å². The summed E-state index contributed by atoms with van der Waals surface area (Å²) < 4.78 is 0. The highest BCUT2D eigenvalue weighted by Crippen LogP contribution is 2.23. The first-order valence-corrected chi connectivity index (χ1v) is 9.87. The number of halogens is 1. The molecule has 2 aromatic rings. The molecule has 0 unspecified atom stereocenters. The smallest absolute Gasteiger partial charge is 0.242 e. The Bertz CT molecular complexity index is 945. The van der Waals surface area contributed by atoms with E-state index >= 15 is 0 Å². The highest BCUT2D eigenvalue weighted by Gasteiger charge is 2.28. The van der Waals surface area contributed by atoms with Gasteiger partial charge in [-0.2, -0.15) is 0 Å². The third-order valence-electron chi connectivity index (χ3n) is 4.98. The average molecular weight is 414 g/mol. The van der Waals surface area contributed by atoms with Gasteiger partial charge in [0.05, 0.1) is 6.54 Å². The summed E-state index contributed by atoms with van der Waals surface area (Å²) in [7, 11) is 0. The highest BCUT2D eigenvalue weighted by molar-refractivity contribution is 6.31. The molecule has 0 spiro atoms. The topological polar surface area (TPSA) is 69.7 Å². The van der Waals surface area contributed by atoms with E-state index < -0.39 is 5.91 Å². The molecule has 1 aliphatic rings. The molecule has 2 aromatic carbocycles. The predicted molar refractivity (Wildman–Crippen MR) is 113 cm³/mol. The van der Waals surface area contributed by atoms with Crippen molar-refractivity contribution in [1.82, 2.24) is 9.80 Å². The molecular weight excluding hydrogens is 390 g/mol. The van der Waals surface area contributed by atoms with Crippen LogP contribution >= 0.6 is 11.6 Å². The van der Waals surface area contributed by atoms with Crippen molar-refractivity contribution in [3.05, 3.63) is 64.2 Å². The lowest BCUT2D eigenvalue weighted by molar-refractivity contribution is -0.146. The summed E-state index contributed by atoms with van der Waals surface area (Å²) in [5, 5.41) is 3.26. The molecule has 3 amide bonds. The Kier molecular flexibility index (Phi) is 6.54. The fourth-order valence-corrected chi connectivity index (χ4v) is 3.48. The van der Waals surface area contributed by atoms with E-state index in [1.165, 1.54) is 4.90 Å². The first kappa shape index (κ1) is 20.9. The van der Waals surface area contributed by atoms with Crippen molar-refractivity contribution < 1.29 is 14.4 Å². The van der Waals surface area contributed by atoms with Gasteiger partial charge < -0.3 is 15.1 Å². The summed E-state index contributed by atoms with van der Waals surface area (Å²) >= 11 is 6.05. The van der Waals surface area contributed by atoms with Crippen LogP contribution < -0.4 is 5.32 Å². The summed E-state index contributed by atoms with van der Waals surface area (Å²) in [4.78, 5) is 40.4. The number of rotatable bonds is 5. The minimum Gasteiger partial charge on any atom is -0.335 e. The fraction of sp³-hybridized carbons (Fsp3) is 0.318. The first-order valence-electron chi connectivity index (χ1n) is 9.49. The molecule has 7 heteroatoms. The maximum atomic E-state index is 12.5. The molecule has 1 heterocycles. The molecule has 152 valence electrons. The van der Waals surface area contributed by atoms with Gasteiger partial charge in [-0.25, -0.2) is 0 Å². The van der Waals surface area contributed by atoms with E-state index in [2.05, 4.69) is 5.32 Å². The van der Waals surface area contributed by atoms with Crippen LogP contribution in [-0.4, -0.2) is 47.2 Å². The quantitative estimate of drug-likeness (QED) is 0.765. The number of aryl methyl sites for hydroxylation is 1. The van der Waals surface area contributed by atoms with E-state index in [4.69, 9.17) is 11.6 Å². The van der Waals surface area contributed by atoms with Gasteiger partial charge in [0.1, 0.15) is 6.42 Å². The Hall–Kier alpha value is -2.86. The summed E-state index contributed by atoms with van der Waals surface area (Å²) in [6, 6.07) is 13.2. The Balaban J connectivity index is 1.53. The molecule has 1 aliphatic heterocycles. The zero-order chi connectivity index (χ0) is 21.0. The molecule has 0 aromatic heterocycles. The van der Waals surface area contributed by atoms with Gasteiger partial charge in [-0.05, 0) is 37.1 Å². The monoisotopic (exact) mass is 413 g/mol. The summed E-state index contributed by atoms with van der Waals surface area (Å²) in [6.45, 7) is 5.20. The average Bonchev–Trinajstić information content (AvgIpc) is 2.67. The van der Waals surface area contributed by atoms with Gasteiger partial charge in [-0.15, -0.1) is 0 Å². The van der Waals surface area contributed by atoms with Crippen molar-refractivity contribution in [2.45, 2.75) is 26.8 Å². The van der Waals surface area contributed by atoms with Gasteiger partial charge in [0.15, 0.2) is 0 Å². The molecule has 1 saturated heterocycles. The van der Waals surface area contributed by atoms with Gasteiger partial charge in [0, 0.05) is 30.3 Å². The van der Waals surface area contributed by atoms with Crippen LogP contribution in [0.2, 0.25) is 5.02 Å². The van der Waals surface area contributed by atoms with Crippen molar-refractivity contribution in [2.24, 2.45) is 0 Å². The van der Waals surface area contributed by atoms with E-state index in [0.29, 0.717) is 30.3 Å². The number of amides is 3. The molecule has 29 heavy (non-hydrogen) atoms. The number of carbonyl (C=O) groups excluding carboxylic acids is 3. The summed E-state index contributed by atoms with van der Waals surface area (Å²) in [5.41, 5.74) is 3.53. The lowest BCUT2D eigenvalue weighted by Crippen LogP contribution is -2.52. The van der Waals surface area contributed by atoms with Crippen LogP contribution in [0.25, 0.3) is 0 Å². The van der Waals surface area contributed by atoms with Gasteiger partial charge >= 0.3 is 0 Å². The van der Waals surface area contributed by atoms with Gasteiger partial charge in [-0.3, -0.25) is 14.4 Å². The molecule has 6 nitrogen and oxygen atoms in total. The van der Waals surface area contributed by atoms with E-state index in [1.807, 2.05) is 31.2 Å². The van der Waals surface area contributed by atoms with Gasteiger partial charge in [0.2, 0.25) is 17.7 Å². The molecule has 0 aliphatic carbocycles. The lowest BCUT2D eigenvalue weighted by atomic mass is 10.1. The molecule has 1 fully saturated rings. The fourth-order valence-electron chi connectivity index (χ4n) is 3.31. The Labute approximate surface area is 175 Å². The number of hydrogen-bond donors (Lipinski definition) is 1. The van der Waals surface area contributed by atoms with Crippen LogP contribution in [0.3, 0.4) is 0 Å². The second kappa shape index (κ2) is 9.09. The number of carbonyl (C=O) groups is 3. The van der Waals surface area contributed by atoms with Gasteiger partial charge in [0.25, 0.3) is 0 Å². The van der Waals surface area contributed by atoms with Crippen molar-refractivity contribution in [2.75, 3.05) is 25.0 Å². The van der Waals surface area contributed by atoms with E-state index in [1.54, 1.807) is 30.0 Å². The molecule has 1 N–H and O–H groups in total. The Morgan fingerprint density at radius 2 is 1.86 bits per heavy atom. The SMILES string of the molecule is Cc1cccc(CN2CCN(C(=O)CC(=O)Nc3cccc(Cl)c3C)CC2=O)c1. The third-order valence-corrected chi connectivity index (χ3v) is 5.39. The molecule has 0 bridgehead atoms. The first-order chi connectivity index (χ1) is 13.8. The van der Waals surface area contributed by atoms with Crippen LogP contribution in [0.15, 0.2) is 42.5 Å². The largest absolute Gasteiger partial charge is 0.335 e. The zero-order valence-electron chi connectivity index (χ0n) is 16.6.